The van der Waals surface area contributed by atoms with Gasteiger partial charge in [-0.1, -0.05) is 75.7 Å². The Balaban J connectivity index is 2.12. The number of amides is 2. The Bertz CT molecular complexity index is 1340. The molecule has 1 fully saturated rings. The smallest absolute Gasteiger partial charge is 0.337 e. The SMILES string of the molecule is CC#CCOc1ccc(C[C@H](NC(=O)[C@@H](/C=C/CCCCCCC(=O)CCCCCCC)[C@@](O)(CC(=O)N2CCCC2)C(=O)O)C(=O)OC)cc1. The molecule has 2 rings (SSSR count). The van der Waals surface area contributed by atoms with E-state index in [0.717, 1.165) is 51.4 Å². The number of likely N-dealkylation sites (tertiary alicyclic amines) is 1. The topological polar surface area (TPSA) is 160 Å². The summed E-state index contributed by atoms with van der Waals surface area (Å²) in [4.78, 5) is 66.0. The molecule has 0 unspecified atom stereocenters. The molecule has 1 aliphatic rings. The second-order valence-corrected chi connectivity index (χ2v) is 13.2. The van der Waals surface area contributed by atoms with Crippen LogP contribution in [0.5, 0.6) is 5.75 Å². The molecule has 11 heteroatoms. The summed E-state index contributed by atoms with van der Waals surface area (Å²) in [7, 11) is 1.18. The Labute approximate surface area is 303 Å². The number of ketones is 1. The number of aliphatic hydroxyl groups is 1. The van der Waals surface area contributed by atoms with Crippen LogP contribution in [0.1, 0.15) is 116 Å². The highest BCUT2D eigenvalue weighted by atomic mass is 16.5. The highest BCUT2D eigenvalue weighted by Gasteiger charge is 2.49. The fraction of sp³-hybridized carbons (Fsp3) is 0.625. The van der Waals surface area contributed by atoms with E-state index in [4.69, 9.17) is 9.47 Å². The number of carbonyl (C=O) groups is 5. The molecule has 1 aliphatic heterocycles. The molecule has 0 bridgehead atoms. The fourth-order valence-electron chi connectivity index (χ4n) is 6.06. The number of carboxylic acid groups (broad SMARTS) is 1. The number of nitrogens with one attached hydrogen (secondary N) is 1. The minimum Gasteiger partial charge on any atom is -0.481 e. The van der Waals surface area contributed by atoms with E-state index < -0.39 is 47.7 Å². The lowest BCUT2D eigenvalue weighted by Gasteiger charge is -2.31. The van der Waals surface area contributed by atoms with Gasteiger partial charge in [0.1, 0.15) is 24.2 Å². The van der Waals surface area contributed by atoms with Gasteiger partial charge in [-0.3, -0.25) is 14.4 Å². The predicted molar refractivity (Wildman–Crippen MR) is 195 cm³/mol. The van der Waals surface area contributed by atoms with Crippen LogP contribution in [0.25, 0.3) is 0 Å². The number of Topliss-reactive ketones (excluding diaryl/α,β-unsaturated/α-hetero) is 1. The zero-order chi connectivity index (χ0) is 37.5. The van der Waals surface area contributed by atoms with Crippen molar-refractivity contribution in [1.82, 2.24) is 10.2 Å². The molecule has 1 saturated heterocycles. The molecule has 51 heavy (non-hydrogen) atoms. The lowest BCUT2D eigenvalue weighted by Crippen LogP contribution is -2.56. The third kappa shape index (κ3) is 15.7. The normalized spacial score (nSPS) is 14.9. The summed E-state index contributed by atoms with van der Waals surface area (Å²) in [5.41, 5.74) is -2.10. The third-order valence-electron chi connectivity index (χ3n) is 9.16. The molecule has 0 aromatic heterocycles. The van der Waals surface area contributed by atoms with E-state index in [1.54, 1.807) is 37.3 Å². The van der Waals surface area contributed by atoms with Gasteiger partial charge >= 0.3 is 11.9 Å². The van der Waals surface area contributed by atoms with E-state index in [1.165, 1.54) is 37.3 Å². The highest BCUT2D eigenvalue weighted by molar-refractivity contribution is 5.95. The monoisotopic (exact) mass is 710 g/mol. The number of benzene rings is 1. The number of nitrogens with zero attached hydrogens (tertiary/aromatic N) is 1. The van der Waals surface area contributed by atoms with Gasteiger partial charge in [-0.2, -0.15) is 0 Å². The van der Waals surface area contributed by atoms with Crippen LogP contribution < -0.4 is 10.1 Å². The number of rotatable bonds is 25. The zero-order valence-electron chi connectivity index (χ0n) is 30.8. The van der Waals surface area contributed by atoms with Crippen molar-refractivity contribution in [3.05, 3.63) is 42.0 Å². The highest BCUT2D eigenvalue weighted by Crippen LogP contribution is 2.28. The number of esters is 1. The minimum atomic E-state index is -2.77. The fourth-order valence-corrected chi connectivity index (χ4v) is 6.06. The van der Waals surface area contributed by atoms with Gasteiger partial charge in [-0.05, 0) is 63.1 Å². The lowest BCUT2D eigenvalue weighted by molar-refractivity contribution is -0.171. The van der Waals surface area contributed by atoms with Crippen LogP contribution in [0, 0.1) is 17.8 Å². The summed E-state index contributed by atoms with van der Waals surface area (Å²) in [6, 6.07) is 5.65. The van der Waals surface area contributed by atoms with Gasteiger partial charge in [0.2, 0.25) is 11.8 Å². The maximum Gasteiger partial charge on any atom is 0.337 e. The Morgan fingerprint density at radius 3 is 2.18 bits per heavy atom. The van der Waals surface area contributed by atoms with Gasteiger partial charge in [-0.25, -0.2) is 9.59 Å². The maximum atomic E-state index is 13.8. The van der Waals surface area contributed by atoms with Crippen LogP contribution >= 0.6 is 0 Å². The Kier molecular flexibility index (Phi) is 20.3. The van der Waals surface area contributed by atoms with Crippen LogP contribution in [0.15, 0.2) is 36.4 Å². The van der Waals surface area contributed by atoms with Crippen LogP contribution in [-0.4, -0.2) is 83.1 Å². The van der Waals surface area contributed by atoms with Crippen molar-refractivity contribution >= 4 is 29.5 Å². The lowest BCUT2D eigenvalue weighted by atomic mass is 9.82. The minimum absolute atomic E-state index is 0.0173. The van der Waals surface area contributed by atoms with E-state index in [-0.39, 0.29) is 13.0 Å². The van der Waals surface area contributed by atoms with Crippen molar-refractivity contribution in [1.29, 1.82) is 0 Å². The average molecular weight is 711 g/mol. The zero-order valence-corrected chi connectivity index (χ0v) is 30.8. The van der Waals surface area contributed by atoms with E-state index in [1.807, 2.05) is 0 Å². The number of hydrogen-bond donors (Lipinski definition) is 3. The number of unbranched alkanes of at least 4 members (excludes halogenated alkanes) is 8. The van der Waals surface area contributed by atoms with Crippen LogP contribution in [0.3, 0.4) is 0 Å². The van der Waals surface area contributed by atoms with E-state index >= 15 is 0 Å². The summed E-state index contributed by atoms with van der Waals surface area (Å²) < 4.78 is 10.5. The number of carbonyl (C=O) groups excluding carboxylic acids is 4. The number of carboxylic acids is 1. The number of methoxy groups -OCH3 is 1. The first kappa shape index (κ1) is 43.0. The van der Waals surface area contributed by atoms with E-state index in [0.29, 0.717) is 49.4 Å². The molecule has 1 aromatic rings. The molecule has 1 heterocycles. The van der Waals surface area contributed by atoms with Crippen LogP contribution in [-0.2, 0) is 35.1 Å². The van der Waals surface area contributed by atoms with Crippen molar-refractivity contribution in [2.24, 2.45) is 5.92 Å². The molecule has 0 aliphatic carbocycles. The molecule has 2 amide bonds. The van der Waals surface area contributed by atoms with E-state index in [9.17, 15) is 34.2 Å². The van der Waals surface area contributed by atoms with Gasteiger partial charge in [0.05, 0.1) is 19.4 Å². The van der Waals surface area contributed by atoms with Crippen LogP contribution in [0.4, 0.5) is 0 Å². The molecule has 0 spiro atoms. The number of ether oxygens (including phenoxy) is 2. The third-order valence-corrected chi connectivity index (χ3v) is 9.16. The predicted octanol–water partition coefficient (Wildman–Crippen LogP) is 5.56. The molecule has 0 radical (unpaired) electrons. The van der Waals surface area contributed by atoms with Gasteiger partial charge in [0.15, 0.2) is 5.60 Å². The summed E-state index contributed by atoms with van der Waals surface area (Å²) in [5.74, 6) is 0.780. The quantitative estimate of drug-likeness (QED) is 0.0511. The average Bonchev–Trinajstić information content (AvgIpc) is 3.66. The number of hydrogen-bond acceptors (Lipinski definition) is 8. The molecule has 1 aromatic carbocycles. The Hall–Kier alpha value is -4.17. The molecular weight excluding hydrogens is 652 g/mol. The Morgan fingerprint density at radius 2 is 1.59 bits per heavy atom. The number of aliphatic carboxylic acids is 1. The van der Waals surface area contributed by atoms with Crippen molar-refractivity contribution in [3.63, 3.8) is 0 Å². The van der Waals surface area contributed by atoms with Gasteiger partial charge in [-0.15, -0.1) is 5.92 Å². The molecule has 282 valence electrons. The van der Waals surface area contributed by atoms with Gasteiger partial charge in [0.25, 0.3) is 0 Å². The van der Waals surface area contributed by atoms with Crippen molar-refractivity contribution in [2.45, 2.75) is 128 Å². The second-order valence-electron chi connectivity index (χ2n) is 13.2. The second kappa shape index (κ2) is 24.1. The van der Waals surface area contributed by atoms with Crippen molar-refractivity contribution in [3.8, 4) is 17.6 Å². The summed E-state index contributed by atoms with van der Waals surface area (Å²) in [6.45, 7) is 5.00. The summed E-state index contributed by atoms with van der Waals surface area (Å²) >= 11 is 0. The molecule has 11 nitrogen and oxygen atoms in total. The maximum absolute atomic E-state index is 13.8. The van der Waals surface area contributed by atoms with Gasteiger partial charge in [0, 0.05) is 32.4 Å². The van der Waals surface area contributed by atoms with E-state index in [2.05, 4.69) is 24.1 Å². The molecule has 0 saturated carbocycles. The van der Waals surface area contributed by atoms with Crippen molar-refractivity contribution < 1.29 is 43.7 Å². The summed E-state index contributed by atoms with van der Waals surface area (Å²) in [5, 5.41) is 24.4. The molecule has 3 N–H and O–H groups in total. The first-order chi connectivity index (χ1) is 24.5. The molecule has 3 atom stereocenters. The largest absolute Gasteiger partial charge is 0.481 e. The van der Waals surface area contributed by atoms with Crippen molar-refractivity contribution in [2.75, 3.05) is 26.8 Å². The number of allylic oxidation sites excluding steroid dienone is 1. The van der Waals surface area contributed by atoms with Gasteiger partial charge < -0.3 is 29.9 Å². The summed E-state index contributed by atoms with van der Waals surface area (Å²) in [6.07, 6.45) is 14.2. The van der Waals surface area contributed by atoms with Crippen LogP contribution in [0.2, 0.25) is 0 Å². The first-order valence-electron chi connectivity index (χ1n) is 18.5. The Morgan fingerprint density at radius 1 is 0.961 bits per heavy atom. The first-order valence-corrected chi connectivity index (χ1v) is 18.5. The standard InChI is InChI=1S/C40H58N2O9/c1-4-6-8-11-14-19-32(43)20-15-12-9-10-13-16-21-34(40(49,39(47)48)30-36(44)42-26-17-18-27-42)37(45)41-35(38(46)50-3)29-31-22-24-33(25-23-31)51-28-7-5-2/h16,21-25,34-35,49H,4,6,8-15,17-20,26-30H2,1-3H3,(H,41,45)(H,47,48)/b21-16+/t34-,35+,40+/m1/s1. The molecular formula is C40H58N2O9.